The van der Waals surface area contributed by atoms with Crippen molar-refractivity contribution >= 4 is 22.9 Å². The Morgan fingerprint density at radius 1 is 1.10 bits per heavy atom. The Morgan fingerprint density at radius 3 is 2.79 bits per heavy atom. The van der Waals surface area contributed by atoms with Gasteiger partial charge in [0, 0.05) is 5.56 Å². The van der Waals surface area contributed by atoms with Gasteiger partial charge in [-0.05, 0) is 34.9 Å². The summed E-state index contributed by atoms with van der Waals surface area (Å²) in [5, 5.41) is 13.7. The van der Waals surface area contributed by atoms with Crippen molar-refractivity contribution in [3.63, 3.8) is 0 Å². The fourth-order valence-electron chi connectivity index (χ4n) is 2.98. The van der Waals surface area contributed by atoms with Crippen LogP contribution in [-0.4, -0.2) is 21.4 Å². The van der Waals surface area contributed by atoms with Crippen molar-refractivity contribution in [1.29, 1.82) is 0 Å². The lowest BCUT2D eigenvalue weighted by Crippen LogP contribution is -2.10. The molecule has 0 radical (unpaired) electrons. The molecular formula is C22H19N5O2. The van der Waals surface area contributed by atoms with Gasteiger partial charge in [-0.3, -0.25) is 9.78 Å². The van der Waals surface area contributed by atoms with E-state index in [1.54, 1.807) is 6.21 Å². The van der Waals surface area contributed by atoms with E-state index in [1.807, 2.05) is 48.5 Å². The van der Waals surface area contributed by atoms with Gasteiger partial charge in [-0.15, -0.1) is 10.2 Å². The number of benzene rings is 3. The van der Waals surface area contributed by atoms with Crippen molar-refractivity contribution < 1.29 is 4.74 Å². The predicted molar refractivity (Wildman–Crippen MR) is 113 cm³/mol. The van der Waals surface area contributed by atoms with Crippen LogP contribution in [0.4, 0.5) is 5.95 Å². The van der Waals surface area contributed by atoms with Crippen LogP contribution < -0.4 is 15.7 Å². The number of anilines is 1. The molecule has 0 unspecified atom stereocenters. The first-order chi connectivity index (χ1) is 14.2. The predicted octanol–water partition coefficient (Wildman–Crippen LogP) is 3.65. The molecule has 4 rings (SSSR count). The molecule has 0 spiro atoms. The fraction of sp³-hybridized carbons (Fsp3) is 0.0909. The Hall–Kier alpha value is -4.00. The summed E-state index contributed by atoms with van der Waals surface area (Å²) in [6.07, 6.45) is 2.75. The van der Waals surface area contributed by atoms with Gasteiger partial charge < -0.3 is 4.74 Å². The molecule has 0 amide bonds. The van der Waals surface area contributed by atoms with Gasteiger partial charge in [0.15, 0.2) is 0 Å². The third-order valence-electron chi connectivity index (χ3n) is 4.51. The standard InChI is InChI=1S/C22H19N5O2/c1-15-6-2-3-8-17(15)14-29-20-11-10-16-7-4-5-9-18(16)19(20)12-23-26-22-25-21(28)13-24-27-22/h2-13H,14H2,1H3,(H2,25,26,27,28)/b23-12+. The van der Waals surface area contributed by atoms with E-state index in [2.05, 4.69) is 44.8 Å². The molecule has 0 aliphatic carbocycles. The average Bonchev–Trinajstić information content (AvgIpc) is 2.74. The topological polar surface area (TPSA) is 92.3 Å². The number of hydrogen-bond acceptors (Lipinski definition) is 6. The van der Waals surface area contributed by atoms with Gasteiger partial charge in [-0.25, -0.2) is 5.43 Å². The molecule has 0 fully saturated rings. The van der Waals surface area contributed by atoms with Crippen LogP contribution >= 0.6 is 0 Å². The number of ether oxygens (including phenoxy) is 1. The van der Waals surface area contributed by atoms with E-state index < -0.39 is 0 Å². The molecular weight excluding hydrogens is 366 g/mol. The average molecular weight is 385 g/mol. The van der Waals surface area contributed by atoms with Gasteiger partial charge in [0.2, 0.25) is 5.95 Å². The van der Waals surface area contributed by atoms with Crippen LogP contribution in [0.5, 0.6) is 5.75 Å². The van der Waals surface area contributed by atoms with Crippen molar-refractivity contribution in [3.05, 3.63) is 93.9 Å². The van der Waals surface area contributed by atoms with Gasteiger partial charge in [0.25, 0.3) is 5.56 Å². The molecule has 7 nitrogen and oxygen atoms in total. The molecule has 0 aliphatic heterocycles. The zero-order chi connectivity index (χ0) is 20.1. The SMILES string of the molecule is Cc1ccccc1COc1ccc2ccccc2c1/C=N/Nc1nncc(=O)[nH]1. The van der Waals surface area contributed by atoms with E-state index in [0.717, 1.165) is 28.1 Å². The van der Waals surface area contributed by atoms with Crippen molar-refractivity contribution in [2.75, 3.05) is 5.43 Å². The van der Waals surface area contributed by atoms with E-state index in [4.69, 9.17) is 4.74 Å². The molecule has 1 aromatic heterocycles. The second-order valence-electron chi connectivity index (χ2n) is 6.47. The van der Waals surface area contributed by atoms with E-state index in [0.29, 0.717) is 12.4 Å². The quantitative estimate of drug-likeness (QED) is 0.390. The molecule has 3 aromatic carbocycles. The Labute approximate surface area is 167 Å². The third-order valence-corrected chi connectivity index (χ3v) is 4.51. The Balaban J connectivity index is 1.64. The summed E-state index contributed by atoms with van der Waals surface area (Å²) in [6.45, 7) is 2.52. The monoisotopic (exact) mass is 385 g/mol. The number of aromatic amines is 1. The van der Waals surface area contributed by atoms with Crippen LogP contribution in [0, 0.1) is 6.92 Å². The normalized spacial score (nSPS) is 11.1. The highest BCUT2D eigenvalue weighted by atomic mass is 16.5. The molecule has 7 heteroatoms. The molecule has 29 heavy (non-hydrogen) atoms. The van der Waals surface area contributed by atoms with E-state index in [9.17, 15) is 4.79 Å². The van der Waals surface area contributed by atoms with Crippen molar-refractivity contribution in [2.45, 2.75) is 13.5 Å². The third kappa shape index (κ3) is 4.30. The highest BCUT2D eigenvalue weighted by molar-refractivity contribution is 6.02. The maximum absolute atomic E-state index is 11.3. The van der Waals surface area contributed by atoms with Gasteiger partial charge in [-0.2, -0.15) is 5.10 Å². The molecule has 0 saturated carbocycles. The summed E-state index contributed by atoms with van der Waals surface area (Å²) in [5.41, 5.74) is 5.47. The molecule has 144 valence electrons. The number of hydrazone groups is 1. The van der Waals surface area contributed by atoms with Crippen LogP contribution in [0.1, 0.15) is 16.7 Å². The maximum atomic E-state index is 11.3. The van der Waals surface area contributed by atoms with E-state index in [-0.39, 0.29) is 11.5 Å². The van der Waals surface area contributed by atoms with E-state index >= 15 is 0 Å². The molecule has 0 atom stereocenters. The van der Waals surface area contributed by atoms with Gasteiger partial charge >= 0.3 is 0 Å². The number of rotatable bonds is 6. The maximum Gasteiger partial charge on any atom is 0.271 e. The van der Waals surface area contributed by atoms with Crippen molar-refractivity contribution in [2.24, 2.45) is 5.10 Å². The summed E-state index contributed by atoms with van der Waals surface area (Å²) in [6, 6.07) is 20.1. The number of aromatic nitrogens is 3. The number of aryl methyl sites for hydroxylation is 1. The minimum atomic E-state index is -0.356. The summed E-state index contributed by atoms with van der Waals surface area (Å²) < 4.78 is 6.13. The highest BCUT2D eigenvalue weighted by Crippen LogP contribution is 2.27. The summed E-state index contributed by atoms with van der Waals surface area (Å²) in [5.74, 6) is 0.876. The van der Waals surface area contributed by atoms with Crippen LogP contribution in [0.3, 0.4) is 0 Å². The minimum Gasteiger partial charge on any atom is -0.488 e. The Morgan fingerprint density at radius 2 is 1.93 bits per heavy atom. The first kappa shape index (κ1) is 18.4. The number of nitrogens with one attached hydrogen (secondary N) is 2. The van der Waals surface area contributed by atoms with Gasteiger partial charge in [-0.1, -0.05) is 54.6 Å². The summed E-state index contributed by atoms with van der Waals surface area (Å²) >= 11 is 0. The second-order valence-corrected chi connectivity index (χ2v) is 6.47. The van der Waals surface area contributed by atoms with Gasteiger partial charge in [0.05, 0.1) is 6.21 Å². The smallest absolute Gasteiger partial charge is 0.271 e. The highest BCUT2D eigenvalue weighted by Gasteiger charge is 2.08. The van der Waals surface area contributed by atoms with Crippen LogP contribution in [0.25, 0.3) is 10.8 Å². The van der Waals surface area contributed by atoms with Gasteiger partial charge in [0.1, 0.15) is 18.6 Å². The lowest BCUT2D eigenvalue weighted by Gasteiger charge is -2.13. The van der Waals surface area contributed by atoms with Crippen molar-refractivity contribution in [1.82, 2.24) is 15.2 Å². The van der Waals surface area contributed by atoms with Crippen LogP contribution in [0.2, 0.25) is 0 Å². The lowest BCUT2D eigenvalue weighted by molar-refractivity contribution is 0.305. The van der Waals surface area contributed by atoms with Crippen molar-refractivity contribution in [3.8, 4) is 5.75 Å². The summed E-state index contributed by atoms with van der Waals surface area (Å²) in [4.78, 5) is 13.8. The first-order valence-corrected chi connectivity index (χ1v) is 9.11. The molecule has 0 bridgehead atoms. The molecule has 0 aliphatic rings. The van der Waals surface area contributed by atoms with Crippen LogP contribution in [-0.2, 0) is 6.61 Å². The number of nitrogens with zero attached hydrogens (tertiary/aromatic N) is 3. The second kappa shape index (κ2) is 8.35. The molecule has 4 aromatic rings. The number of H-pyrrole nitrogens is 1. The Kier molecular flexibility index (Phi) is 5.29. The largest absolute Gasteiger partial charge is 0.488 e. The summed E-state index contributed by atoms with van der Waals surface area (Å²) in [7, 11) is 0. The molecule has 0 saturated heterocycles. The number of fused-ring (bicyclic) bond motifs is 1. The number of hydrogen-bond donors (Lipinski definition) is 2. The zero-order valence-corrected chi connectivity index (χ0v) is 15.8. The Bertz CT molecular complexity index is 1230. The minimum absolute atomic E-state index is 0.163. The zero-order valence-electron chi connectivity index (χ0n) is 15.8. The molecule has 2 N–H and O–H groups in total. The lowest BCUT2D eigenvalue weighted by atomic mass is 10.0. The van der Waals surface area contributed by atoms with Crippen LogP contribution in [0.15, 0.2) is 76.8 Å². The first-order valence-electron chi connectivity index (χ1n) is 9.11. The molecule has 1 heterocycles. The van der Waals surface area contributed by atoms with E-state index in [1.165, 1.54) is 5.56 Å². The fourth-order valence-corrected chi connectivity index (χ4v) is 2.98.